The van der Waals surface area contributed by atoms with E-state index in [0.717, 1.165) is 40.3 Å². The molecule has 5 nitrogen and oxygen atoms in total. The first-order chi connectivity index (χ1) is 12.1. The number of aryl methyl sites for hydroxylation is 2. The molecule has 3 aromatic rings. The summed E-state index contributed by atoms with van der Waals surface area (Å²) in [4.78, 5) is 16.1. The van der Waals surface area contributed by atoms with Gasteiger partial charge in [0.05, 0.1) is 25.3 Å². The molecule has 0 spiro atoms. The number of methoxy groups -OCH3 is 2. The second-order valence-corrected chi connectivity index (χ2v) is 6.91. The normalized spacial score (nSPS) is 11.0. The van der Waals surface area contributed by atoms with E-state index in [4.69, 9.17) is 9.47 Å². The van der Waals surface area contributed by atoms with Crippen LogP contribution in [0.2, 0.25) is 0 Å². The highest BCUT2D eigenvalue weighted by molar-refractivity contribution is 7.99. The van der Waals surface area contributed by atoms with E-state index >= 15 is 0 Å². The van der Waals surface area contributed by atoms with Gasteiger partial charge < -0.3 is 14.5 Å². The van der Waals surface area contributed by atoms with Crippen LogP contribution in [-0.2, 0) is 6.54 Å². The number of nitrogens with one attached hydrogen (secondary N) is 1. The lowest BCUT2D eigenvalue weighted by Gasteiger charge is -2.12. The number of imidazole rings is 1. The molecule has 0 aliphatic heterocycles. The summed E-state index contributed by atoms with van der Waals surface area (Å²) < 4.78 is 12.5. The number of hydrogen-bond acceptors (Lipinski definition) is 4. The van der Waals surface area contributed by atoms with Crippen LogP contribution in [0.5, 0.6) is 11.5 Å². The Morgan fingerprint density at radius 2 is 1.84 bits per heavy atom. The molecule has 3 rings (SSSR count). The first-order valence-corrected chi connectivity index (χ1v) is 9.15. The van der Waals surface area contributed by atoms with Crippen LogP contribution >= 0.6 is 11.8 Å². The zero-order chi connectivity index (χ0) is 17.8. The Kier molecular flexibility index (Phi) is 5.38. The van der Waals surface area contributed by atoms with Crippen molar-refractivity contribution in [3.05, 3.63) is 52.4 Å². The number of fused-ring (bicyclic) bond motifs is 1. The largest absolute Gasteiger partial charge is 0.493 e. The van der Waals surface area contributed by atoms with Gasteiger partial charge in [-0.3, -0.25) is 4.57 Å². The van der Waals surface area contributed by atoms with E-state index in [0.29, 0.717) is 6.54 Å². The number of aromatic amines is 1. The smallest absolute Gasteiger partial charge is 0.326 e. The summed E-state index contributed by atoms with van der Waals surface area (Å²) in [5.74, 6) is 2.40. The van der Waals surface area contributed by atoms with Gasteiger partial charge in [-0.1, -0.05) is 12.1 Å². The lowest BCUT2D eigenvalue weighted by atomic mass is 10.2. The topological polar surface area (TPSA) is 56.2 Å². The van der Waals surface area contributed by atoms with Crippen molar-refractivity contribution in [2.24, 2.45) is 0 Å². The summed E-state index contributed by atoms with van der Waals surface area (Å²) in [5, 5.41) is 0. The van der Waals surface area contributed by atoms with Crippen molar-refractivity contribution >= 4 is 22.8 Å². The highest BCUT2D eigenvalue weighted by Gasteiger charge is 2.10. The van der Waals surface area contributed by atoms with E-state index in [1.54, 1.807) is 30.5 Å². The summed E-state index contributed by atoms with van der Waals surface area (Å²) in [7, 11) is 3.29. The van der Waals surface area contributed by atoms with Crippen molar-refractivity contribution in [3.63, 3.8) is 0 Å². The van der Waals surface area contributed by atoms with Crippen molar-refractivity contribution in [2.45, 2.75) is 24.8 Å². The van der Waals surface area contributed by atoms with E-state index in [1.165, 1.54) is 4.90 Å². The zero-order valence-electron chi connectivity index (χ0n) is 14.7. The van der Waals surface area contributed by atoms with Gasteiger partial charge in [0.1, 0.15) is 0 Å². The zero-order valence-corrected chi connectivity index (χ0v) is 15.5. The molecule has 0 unspecified atom stereocenters. The molecular formula is C19H22N2O3S. The predicted octanol–water partition coefficient (Wildman–Crippen LogP) is 3.84. The number of aromatic nitrogens is 2. The summed E-state index contributed by atoms with van der Waals surface area (Å²) in [6.07, 6.45) is 0.903. The number of thioether (sulfide) groups is 1. The number of H-pyrrole nitrogens is 1. The molecule has 1 N–H and O–H groups in total. The molecule has 25 heavy (non-hydrogen) atoms. The molecule has 6 heteroatoms. The Bertz CT molecular complexity index is 930. The van der Waals surface area contributed by atoms with Crippen LogP contribution in [0.4, 0.5) is 0 Å². The van der Waals surface area contributed by atoms with E-state index in [1.807, 2.05) is 36.4 Å². The summed E-state index contributed by atoms with van der Waals surface area (Å²) in [5.41, 5.74) is 2.95. The number of para-hydroxylation sites is 2. The van der Waals surface area contributed by atoms with Crippen LogP contribution in [0, 0.1) is 6.92 Å². The molecule has 0 atom stereocenters. The Morgan fingerprint density at radius 3 is 2.60 bits per heavy atom. The molecule has 0 aliphatic carbocycles. The maximum atomic E-state index is 12.1. The highest BCUT2D eigenvalue weighted by Crippen LogP contribution is 2.35. The average Bonchev–Trinajstić information content (AvgIpc) is 2.94. The predicted molar refractivity (Wildman–Crippen MR) is 102 cm³/mol. The molecule has 1 aromatic heterocycles. The molecule has 2 aromatic carbocycles. The molecule has 0 amide bonds. The van der Waals surface area contributed by atoms with Crippen molar-refractivity contribution < 1.29 is 9.47 Å². The quantitative estimate of drug-likeness (QED) is 0.515. The molecule has 0 radical (unpaired) electrons. The third-order valence-electron chi connectivity index (χ3n) is 4.15. The molecule has 0 saturated carbocycles. The van der Waals surface area contributed by atoms with Crippen LogP contribution in [0.15, 0.2) is 46.1 Å². The number of nitrogens with zero attached hydrogens (tertiary/aromatic N) is 1. The monoisotopic (exact) mass is 358 g/mol. The van der Waals surface area contributed by atoms with Gasteiger partial charge in [-0.25, -0.2) is 4.79 Å². The standard InChI is InChI=1S/C19H22N2O3S/c1-13-11-16(23-2)17(24-3)12-18(13)25-10-6-9-21-15-8-5-4-7-14(15)20-19(21)22/h4-5,7-8,11-12H,6,9-10H2,1-3H3,(H,20,22). The van der Waals surface area contributed by atoms with Crippen molar-refractivity contribution in [3.8, 4) is 11.5 Å². The van der Waals surface area contributed by atoms with Crippen LogP contribution in [-0.4, -0.2) is 29.5 Å². The van der Waals surface area contributed by atoms with Gasteiger partial charge >= 0.3 is 5.69 Å². The van der Waals surface area contributed by atoms with Gasteiger partial charge in [0, 0.05) is 11.4 Å². The number of ether oxygens (including phenoxy) is 2. The Labute approximate surface area is 151 Å². The van der Waals surface area contributed by atoms with Gasteiger partial charge in [-0.05, 0) is 48.9 Å². The van der Waals surface area contributed by atoms with E-state index < -0.39 is 0 Å². The lowest BCUT2D eigenvalue weighted by Crippen LogP contribution is -2.17. The Morgan fingerprint density at radius 1 is 1.12 bits per heavy atom. The Balaban J connectivity index is 1.65. The minimum absolute atomic E-state index is 0.0477. The van der Waals surface area contributed by atoms with Crippen LogP contribution in [0.3, 0.4) is 0 Å². The van der Waals surface area contributed by atoms with Crippen LogP contribution in [0.25, 0.3) is 11.0 Å². The lowest BCUT2D eigenvalue weighted by molar-refractivity contribution is 0.353. The van der Waals surface area contributed by atoms with Gasteiger partial charge in [0.25, 0.3) is 0 Å². The highest BCUT2D eigenvalue weighted by atomic mass is 32.2. The molecule has 132 valence electrons. The van der Waals surface area contributed by atoms with E-state index in [2.05, 4.69) is 11.9 Å². The Hall–Kier alpha value is -2.34. The van der Waals surface area contributed by atoms with Crippen LogP contribution < -0.4 is 15.2 Å². The van der Waals surface area contributed by atoms with E-state index in [-0.39, 0.29) is 5.69 Å². The number of benzene rings is 2. The maximum absolute atomic E-state index is 12.1. The first kappa shape index (κ1) is 17.5. The number of hydrogen-bond donors (Lipinski definition) is 1. The minimum atomic E-state index is -0.0477. The summed E-state index contributed by atoms with van der Waals surface area (Å²) in [6, 6.07) is 11.8. The molecule has 0 bridgehead atoms. The maximum Gasteiger partial charge on any atom is 0.326 e. The second kappa shape index (κ2) is 7.70. The van der Waals surface area contributed by atoms with Gasteiger partial charge in [0.2, 0.25) is 0 Å². The molecule has 1 heterocycles. The molecule has 0 saturated heterocycles. The van der Waals surface area contributed by atoms with Crippen molar-refractivity contribution in [1.29, 1.82) is 0 Å². The fraction of sp³-hybridized carbons (Fsp3) is 0.316. The summed E-state index contributed by atoms with van der Waals surface area (Å²) >= 11 is 1.77. The second-order valence-electron chi connectivity index (χ2n) is 5.77. The van der Waals surface area contributed by atoms with Crippen molar-refractivity contribution in [1.82, 2.24) is 9.55 Å². The third-order valence-corrected chi connectivity index (χ3v) is 5.39. The van der Waals surface area contributed by atoms with Gasteiger partial charge in [-0.2, -0.15) is 0 Å². The fourth-order valence-corrected chi connectivity index (χ4v) is 3.82. The first-order valence-electron chi connectivity index (χ1n) is 8.17. The average molecular weight is 358 g/mol. The van der Waals surface area contributed by atoms with Gasteiger partial charge in [0.15, 0.2) is 11.5 Å². The molecular weight excluding hydrogens is 336 g/mol. The van der Waals surface area contributed by atoms with Gasteiger partial charge in [-0.15, -0.1) is 11.8 Å². The number of rotatable bonds is 7. The SMILES string of the molecule is COc1cc(C)c(SCCCn2c(=O)[nH]c3ccccc32)cc1OC. The fourth-order valence-electron chi connectivity index (χ4n) is 2.85. The minimum Gasteiger partial charge on any atom is -0.493 e. The van der Waals surface area contributed by atoms with Crippen molar-refractivity contribution in [2.75, 3.05) is 20.0 Å². The molecule has 0 aliphatic rings. The van der Waals surface area contributed by atoms with E-state index in [9.17, 15) is 4.79 Å². The third kappa shape index (κ3) is 3.69. The summed E-state index contributed by atoms with van der Waals surface area (Å²) in [6.45, 7) is 2.76. The molecule has 0 fully saturated rings. The van der Waals surface area contributed by atoms with Crippen LogP contribution in [0.1, 0.15) is 12.0 Å².